The van der Waals surface area contributed by atoms with Crippen LogP contribution in [0.2, 0.25) is 0 Å². The molecule has 172 valence electrons. The molecule has 8 heteroatoms. The smallest absolute Gasteiger partial charge is 0.267 e. The number of amides is 4. The Hall–Kier alpha value is -4.98. The van der Waals surface area contributed by atoms with Gasteiger partial charge in [-0.05, 0) is 24.3 Å². The Labute approximate surface area is 200 Å². The fourth-order valence-corrected chi connectivity index (χ4v) is 3.72. The maximum atomic E-state index is 12.1. The third-order valence-electron chi connectivity index (χ3n) is 5.33. The lowest BCUT2D eigenvalue weighted by atomic mass is 10.2. The van der Waals surface area contributed by atoms with Gasteiger partial charge in [-0.2, -0.15) is 0 Å². The predicted octanol–water partition coefficient (Wildman–Crippen LogP) is 3.70. The monoisotopic (exact) mass is 466 g/mol. The van der Waals surface area contributed by atoms with Crippen molar-refractivity contribution in [3.63, 3.8) is 0 Å². The van der Waals surface area contributed by atoms with E-state index in [4.69, 9.17) is 9.47 Å². The average molecular weight is 466 g/mol. The Morgan fingerprint density at radius 1 is 0.514 bits per heavy atom. The van der Waals surface area contributed by atoms with Crippen molar-refractivity contribution in [2.24, 2.45) is 0 Å². The molecule has 0 N–H and O–H groups in total. The molecule has 8 nitrogen and oxygen atoms in total. The van der Waals surface area contributed by atoms with E-state index in [1.807, 2.05) is 30.3 Å². The molecule has 2 aliphatic rings. The van der Waals surface area contributed by atoms with Crippen LogP contribution in [0, 0.1) is 0 Å². The number of carbonyl (C=O) groups is 4. The molecule has 3 aromatic carbocycles. The third-order valence-corrected chi connectivity index (χ3v) is 5.33. The van der Waals surface area contributed by atoms with Gasteiger partial charge in [-0.3, -0.25) is 19.2 Å². The van der Waals surface area contributed by atoms with Gasteiger partial charge in [-0.1, -0.05) is 42.5 Å². The largest absolute Gasteiger partial charge is 0.450 e. The van der Waals surface area contributed by atoms with Crippen LogP contribution in [0.1, 0.15) is 11.9 Å². The Balaban J connectivity index is 1.42. The number of imide groups is 2. The van der Waals surface area contributed by atoms with Gasteiger partial charge in [0.1, 0.15) is 11.5 Å². The van der Waals surface area contributed by atoms with Crippen LogP contribution in [-0.2, 0) is 19.2 Å². The van der Waals surface area contributed by atoms with Gasteiger partial charge in [0, 0.05) is 42.0 Å². The van der Waals surface area contributed by atoms with Gasteiger partial charge in [0.05, 0.1) is 11.4 Å². The second-order valence-corrected chi connectivity index (χ2v) is 7.66. The van der Waals surface area contributed by atoms with E-state index in [0.29, 0.717) is 28.4 Å². The zero-order chi connectivity index (χ0) is 24.4. The number of benzene rings is 3. The summed E-state index contributed by atoms with van der Waals surface area (Å²) in [5.41, 5.74) is 1.44. The molecule has 0 radical (unpaired) electrons. The molecule has 2 heterocycles. The van der Waals surface area contributed by atoms with E-state index in [0.717, 1.165) is 9.80 Å². The molecule has 0 unspecified atom stereocenters. The fourth-order valence-electron chi connectivity index (χ4n) is 3.72. The highest BCUT2D eigenvalue weighted by Crippen LogP contribution is 2.31. The Kier molecular flexibility index (Phi) is 5.68. The van der Waals surface area contributed by atoms with Crippen molar-refractivity contribution in [3.05, 3.63) is 109 Å². The number of ether oxygens (including phenoxy) is 2. The maximum absolute atomic E-state index is 12.1. The number of rotatable bonds is 7. The Bertz CT molecular complexity index is 1270. The van der Waals surface area contributed by atoms with Crippen LogP contribution in [0.15, 0.2) is 103 Å². The minimum Gasteiger partial charge on any atom is -0.450 e. The van der Waals surface area contributed by atoms with Gasteiger partial charge in [0.2, 0.25) is 0 Å². The molecule has 0 saturated carbocycles. The Morgan fingerprint density at radius 2 is 0.943 bits per heavy atom. The van der Waals surface area contributed by atoms with Crippen molar-refractivity contribution in [2.45, 2.75) is 6.29 Å². The molecule has 0 atom stereocenters. The molecule has 0 spiro atoms. The van der Waals surface area contributed by atoms with E-state index in [-0.39, 0.29) is 0 Å². The van der Waals surface area contributed by atoms with Crippen molar-refractivity contribution >= 4 is 35.0 Å². The SMILES string of the molecule is O=C1C=CC(=O)N1c1cccc(OC(Oc2cccc(N3C(=O)C=CC3=O)c2)c2ccccc2)c1. The molecular weight excluding hydrogens is 448 g/mol. The molecule has 0 fully saturated rings. The van der Waals surface area contributed by atoms with Crippen LogP contribution >= 0.6 is 0 Å². The summed E-state index contributed by atoms with van der Waals surface area (Å²) in [6, 6.07) is 22.3. The lowest BCUT2D eigenvalue weighted by Gasteiger charge is -2.23. The summed E-state index contributed by atoms with van der Waals surface area (Å²) in [6.07, 6.45) is 3.94. The quantitative estimate of drug-likeness (QED) is 0.389. The minimum absolute atomic E-state index is 0.370. The lowest BCUT2D eigenvalue weighted by molar-refractivity contribution is -0.121. The average Bonchev–Trinajstić information content (AvgIpc) is 3.39. The molecule has 0 aliphatic carbocycles. The van der Waals surface area contributed by atoms with Gasteiger partial charge >= 0.3 is 0 Å². The topological polar surface area (TPSA) is 93.2 Å². The number of carbonyl (C=O) groups excluding carboxylic acids is 4. The number of nitrogens with zero attached hydrogens (tertiary/aromatic N) is 2. The van der Waals surface area contributed by atoms with E-state index in [1.54, 1.807) is 48.5 Å². The highest BCUT2D eigenvalue weighted by atomic mass is 16.7. The normalized spacial score (nSPS) is 15.0. The van der Waals surface area contributed by atoms with Gasteiger partial charge in [0.25, 0.3) is 29.9 Å². The summed E-state index contributed by atoms with van der Waals surface area (Å²) < 4.78 is 12.3. The first-order chi connectivity index (χ1) is 17.0. The van der Waals surface area contributed by atoms with Crippen LogP contribution in [0.3, 0.4) is 0 Å². The van der Waals surface area contributed by atoms with Crippen molar-refractivity contribution in [3.8, 4) is 11.5 Å². The summed E-state index contributed by atoms with van der Waals surface area (Å²) in [6.45, 7) is 0. The number of anilines is 2. The summed E-state index contributed by atoms with van der Waals surface area (Å²) in [4.78, 5) is 50.4. The molecular formula is C27H18N2O6. The Morgan fingerprint density at radius 3 is 1.37 bits per heavy atom. The van der Waals surface area contributed by atoms with Crippen LogP contribution in [0.5, 0.6) is 11.5 Å². The summed E-state index contributed by atoms with van der Waals surface area (Å²) in [5.74, 6) is -0.982. The molecule has 0 saturated heterocycles. The van der Waals surface area contributed by atoms with Gasteiger partial charge in [-0.15, -0.1) is 0 Å². The van der Waals surface area contributed by atoms with Crippen LogP contribution in [0.25, 0.3) is 0 Å². The maximum Gasteiger partial charge on any atom is 0.267 e. The van der Waals surface area contributed by atoms with Crippen LogP contribution < -0.4 is 19.3 Å². The van der Waals surface area contributed by atoms with Crippen molar-refractivity contribution in [2.75, 3.05) is 9.80 Å². The second-order valence-electron chi connectivity index (χ2n) is 7.66. The summed E-state index contributed by atoms with van der Waals surface area (Å²) in [7, 11) is 0. The molecule has 3 aromatic rings. The summed E-state index contributed by atoms with van der Waals surface area (Å²) in [5, 5.41) is 0. The lowest BCUT2D eigenvalue weighted by Crippen LogP contribution is -2.29. The van der Waals surface area contributed by atoms with E-state index in [2.05, 4.69) is 0 Å². The zero-order valence-corrected chi connectivity index (χ0v) is 18.2. The number of hydrogen-bond acceptors (Lipinski definition) is 6. The summed E-state index contributed by atoms with van der Waals surface area (Å²) >= 11 is 0. The first-order valence-corrected chi connectivity index (χ1v) is 10.7. The second kappa shape index (κ2) is 9.11. The molecule has 0 aromatic heterocycles. The predicted molar refractivity (Wildman–Crippen MR) is 127 cm³/mol. The molecule has 2 aliphatic heterocycles. The first-order valence-electron chi connectivity index (χ1n) is 10.7. The number of hydrogen-bond donors (Lipinski definition) is 0. The standard InChI is InChI=1S/C27H18N2O6/c30-23-12-13-24(31)28(23)19-8-4-10-21(16-19)34-27(18-6-2-1-3-7-18)35-22-11-5-9-20(17-22)29-25(32)14-15-26(29)33/h1-17,27H. The van der Waals surface area contributed by atoms with Crippen LogP contribution in [0.4, 0.5) is 11.4 Å². The third kappa shape index (κ3) is 4.45. The highest BCUT2D eigenvalue weighted by Gasteiger charge is 2.27. The van der Waals surface area contributed by atoms with Gasteiger partial charge in [0.15, 0.2) is 0 Å². The first kappa shape index (κ1) is 21.8. The van der Waals surface area contributed by atoms with Crippen molar-refractivity contribution in [1.29, 1.82) is 0 Å². The van der Waals surface area contributed by atoms with Gasteiger partial charge < -0.3 is 9.47 Å². The van der Waals surface area contributed by atoms with Gasteiger partial charge in [-0.25, -0.2) is 9.80 Å². The molecule has 5 rings (SSSR count). The van der Waals surface area contributed by atoms with E-state index >= 15 is 0 Å². The van der Waals surface area contributed by atoms with E-state index in [9.17, 15) is 19.2 Å². The van der Waals surface area contributed by atoms with E-state index < -0.39 is 29.9 Å². The minimum atomic E-state index is -0.909. The molecule has 0 bridgehead atoms. The van der Waals surface area contributed by atoms with E-state index in [1.165, 1.54) is 24.3 Å². The highest BCUT2D eigenvalue weighted by molar-refractivity contribution is 6.28. The zero-order valence-electron chi connectivity index (χ0n) is 18.2. The molecule has 35 heavy (non-hydrogen) atoms. The molecule has 4 amide bonds. The van der Waals surface area contributed by atoms with Crippen molar-refractivity contribution < 1.29 is 28.7 Å². The fraction of sp³-hybridized carbons (Fsp3) is 0.0370. The van der Waals surface area contributed by atoms with Crippen LogP contribution in [-0.4, -0.2) is 23.6 Å². The van der Waals surface area contributed by atoms with Crippen molar-refractivity contribution in [1.82, 2.24) is 0 Å².